The maximum Gasteiger partial charge on any atom is 0.271 e. The fraction of sp³-hybridized carbons (Fsp3) is 0.316. The zero-order valence-corrected chi connectivity index (χ0v) is 15.9. The van der Waals surface area contributed by atoms with Crippen molar-refractivity contribution in [1.29, 1.82) is 0 Å². The topological polar surface area (TPSA) is 63.9 Å². The summed E-state index contributed by atoms with van der Waals surface area (Å²) in [5.74, 6) is 0.571. The van der Waals surface area contributed by atoms with Gasteiger partial charge in [0.25, 0.3) is 11.5 Å². The average Bonchev–Trinajstić information content (AvgIpc) is 3.10. The first-order valence-corrected chi connectivity index (χ1v) is 9.26. The fourth-order valence-electron chi connectivity index (χ4n) is 2.78. The van der Waals surface area contributed by atoms with Gasteiger partial charge in [-0.3, -0.25) is 14.0 Å². The van der Waals surface area contributed by atoms with Gasteiger partial charge < -0.3 is 9.64 Å². The third-order valence-electron chi connectivity index (χ3n) is 4.21. The number of hydrogen-bond donors (Lipinski definition) is 0. The van der Waals surface area contributed by atoms with E-state index >= 15 is 0 Å². The standard InChI is InChI=1S/C19H21N3O3S/c1-13-6-4-7-14(2)16(13)25-10-5-8-21(3)17(23)15-12-20-19-22(18(15)24)9-11-26-19/h4,6-7,9,11-12H,5,8,10H2,1-3H3. The number of benzene rings is 1. The van der Waals surface area contributed by atoms with Crippen molar-refractivity contribution in [3.8, 4) is 5.75 Å². The van der Waals surface area contributed by atoms with Crippen molar-refractivity contribution in [3.05, 3.63) is 63.0 Å². The molecule has 2 aromatic heterocycles. The van der Waals surface area contributed by atoms with Gasteiger partial charge in [0.15, 0.2) is 4.96 Å². The molecule has 6 nitrogen and oxygen atoms in total. The summed E-state index contributed by atoms with van der Waals surface area (Å²) in [6.07, 6.45) is 3.66. The van der Waals surface area contributed by atoms with E-state index in [-0.39, 0.29) is 17.0 Å². The maximum atomic E-state index is 12.5. The lowest BCUT2D eigenvalue weighted by Crippen LogP contribution is -2.34. The number of nitrogens with zero attached hydrogens (tertiary/aromatic N) is 3. The molecule has 0 atom stereocenters. The van der Waals surface area contributed by atoms with E-state index in [1.807, 2.05) is 32.0 Å². The number of para-hydroxylation sites is 1. The van der Waals surface area contributed by atoms with Gasteiger partial charge in [0, 0.05) is 31.4 Å². The molecular weight excluding hydrogens is 350 g/mol. The first-order valence-electron chi connectivity index (χ1n) is 8.38. The van der Waals surface area contributed by atoms with Gasteiger partial charge in [0.1, 0.15) is 11.3 Å². The molecule has 0 bridgehead atoms. The van der Waals surface area contributed by atoms with Crippen molar-refractivity contribution < 1.29 is 9.53 Å². The van der Waals surface area contributed by atoms with Crippen LogP contribution in [0, 0.1) is 13.8 Å². The summed E-state index contributed by atoms with van der Waals surface area (Å²) in [6, 6.07) is 6.03. The lowest BCUT2D eigenvalue weighted by atomic mass is 10.1. The van der Waals surface area contributed by atoms with Gasteiger partial charge in [-0.25, -0.2) is 4.98 Å². The number of rotatable bonds is 6. The predicted molar refractivity (Wildman–Crippen MR) is 102 cm³/mol. The van der Waals surface area contributed by atoms with Gasteiger partial charge in [-0.05, 0) is 31.4 Å². The zero-order chi connectivity index (χ0) is 18.7. The Labute approximate surface area is 155 Å². The molecule has 3 rings (SSSR count). The van der Waals surface area contributed by atoms with Crippen LogP contribution in [0.3, 0.4) is 0 Å². The van der Waals surface area contributed by atoms with E-state index in [2.05, 4.69) is 4.98 Å². The highest BCUT2D eigenvalue weighted by molar-refractivity contribution is 7.15. The van der Waals surface area contributed by atoms with Crippen LogP contribution in [0.15, 0.2) is 40.8 Å². The molecule has 0 aliphatic heterocycles. The minimum Gasteiger partial charge on any atom is -0.493 e. The van der Waals surface area contributed by atoms with Crippen LogP contribution < -0.4 is 10.3 Å². The first-order chi connectivity index (χ1) is 12.5. The summed E-state index contributed by atoms with van der Waals surface area (Å²) in [5, 5.41) is 1.77. The Morgan fingerprint density at radius 1 is 1.31 bits per heavy atom. The summed E-state index contributed by atoms with van der Waals surface area (Å²) in [4.78, 5) is 31.2. The van der Waals surface area contributed by atoms with Crippen molar-refractivity contribution in [2.45, 2.75) is 20.3 Å². The van der Waals surface area contributed by atoms with E-state index in [1.165, 1.54) is 26.8 Å². The summed E-state index contributed by atoms with van der Waals surface area (Å²) in [7, 11) is 1.68. The van der Waals surface area contributed by atoms with Crippen LogP contribution in [0.4, 0.5) is 0 Å². The van der Waals surface area contributed by atoms with Crippen molar-refractivity contribution in [3.63, 3.8) is 0 Å². The Morgan fingerprint density at radius 2 is 2.04 bits per heavy atom. The Bertz CT molecular complexity index is 973. The monoisotopic (exact) mass is 371 g/mol. The molecule has 0 spiro atoms. The van der Waals surface area contributed by atoms with Crippen molar-refractivity contribution >= 4 is 22.2 Å². The number of thiazole rings is 1. The van der Waals surface area contributed by atoms with E-state index in [0.29, 0.717) is 24.5 Å². The number of ether oxygens (including phenoxy) is 1. The molecule has 0 aliphatic carbocycles. The molecule has 2 heterocycles. The van der Waals surface area contributed by atoms with Crippen LogP contribution in [0.5, 0.6) is 5.75 Å². The van der Waals surface area contributed by atoms with E-state index < -0.39 is 0 Å². The molecule has 0 unspecified atom stereocenters. The molecule has 7 heteroatoms. The Morgan fingerprint density at radius 3 is 2.77 bits per heavy atom. The van der Waals surface area contributed by atoms with Gasteiger partial charge in [-0.15, -0.1) is 11.3 Å². The zero-order valence-electron chi connectivity index (χ0n) is 15.1. The minimum atomic E-state index is -0.333. The number of amides is 1. The van der Waals surface area contributed by atoms with E-state index in [9.17, 15) is 9.59 Å². The highest BCUT2D eigenvalue weighted by atomic mass is 32.1. The number of hydrogen-bond acceptors (Lipinski definition) is 5. The van der Waals surface area contributed by atoms with Crippen LogP contribution in [0.1, 0.15) is 27.9 Å². The lowest BCUT2D eigenvalue weighted by molar-refractivity contribution is 0.0785. The van der Waals surface area contributed by atoms with Gasteiger partial charge in [0.05, 0.1) is 6.61 Å². The predicted octanol–water partition coefficient (Wildman–Crippen LogP) is 2.91. The summed E-state index contributed by atoms with van der Waals surface area (Å²) < 4.78 is 7.26. The second kappa shape index (κ2) is 7.70. The van der Waals surface area contributed by atoms with Crippen molar-refractivity contribution in [1.82, 2.24) is 14.3 Å². The van der Waals surface area contributed by atoms with Crippen LogP contribution in [0.25, 0.3) is 4.96 Å². The van der Waals surface area contributed by atoms with Crippen molar-refractivity contribution in [2.24, 2.45) is 0 Å². The normalized spacial score (nSPS) is 10.9. The van der Waals surface area contributed by atoms with Gasteiger partial charge in [0.2, 0.25) is 0 Å². The second-order valence-corrected chi connectivity index (χ2v) is 7.06. The Balaban J connectivity index is 1.59. The molecule has 3 aromatic rings. The van der Waals surface area contributed by atoms with Crippen LogP contribution in [0.2, 0.25) is 0 Å². The molecular formula is C19H21N3O3S. The van der Waals surface area contributed by atoms with Crippen LogP contribution in [-0.4, -0.2) is 40.4 Å². The number of carbonyl (C=O) groups is 1. The lowest BCUT2D eigenvalue weighted by Gasteiger charge is -2.17. The molecule has 0 fully saturated rings. The highest BCUT2D eigenvalue weighted by Crippen LogP contribution is 2.22. The quantitative estimate of drug-likeness (QED) is 0.625. The van der Waals surface area contributed by atoms with Crippen molar-refractivity contribution in [2.75, 3.05) is 20.2 Å². The summed E-state index contributed by atoms with van der Waals surface area (Å²) in [6.45, 7) is 5.03. The Kier molecular flexibility index (Phi) is 5.37. The molecule has 1 aromatic carbocycles. The van der Waals surface area contributed by atoms with E-state index in [0.717, 1.165) is 16.9 Å². The smallest absolute Gasteiger partial charge is 0.271 e. The average molecular weight is 371 g/mol. The molecule has 136 valence electrons. The first kappa shape index (κ1) is 18.1. The van der Waals surface area contributed by atoms with Gasteiger partial charge >= 0.3 is 0 Å². The maximum absolute atomic E-state index is 12.5. The minimum absolute atomic E-state index is 0.0825. The summed E-state index contributed by atoms with van der Waals surface area (Å²) >= 11 is 1.36. The number of aromatic nitrogens is 2. The second-order valence-electron chi connectivity index (χ2n) is 6.18. The van der Waals surface area contributed by atoms with Gasteiger partial charge in [-0.2, -0.15) is 0 Å². The van der Waals surface area contributed by atoms with E-state index in [1.54, 1.807) is 18.6 Å². The molecule has 26 heavy (non-hydrogen) atoms. The SMILES string of the molecule is Cc1cccc(C)c1OCCCN(C)C(=O)c1cnc2sccn2c1=O. The number of aryl methyl sites for hydroxylation is 2. The summed E-state index contributed by atoms with van der Waals surface area (Å²) in [5.41, 5.74) is 1.94. The molecule has 0 N–H and O–H groups in total. The molecule has 0 saturated carbocycles. The Hall–Kier alpha value is -2.67. The van der Waals surface area contributed by atoms with Crippen LogP contribution >= 0.6 is 11.3 Å². The fourth-order valence-corrected chi connectivity index (χ4v) is 3.46. The number of carbonyl (C=O) groups excluding carboxylic acids is 1. The molecule has 1 amide bonds. The van der Waals surface area contributed by atoms with E-state index in [4.69, 9.17) is 4.74 Å². The molecule has 0 aliphatic rings. The third-order valence-corrected chi connectivity index (χ3v) is 4.98. The third kappa shape index (κ3) is 3.62. The molecule has 0 radical (unpaired) electrons. The largest absolute Gasteiger partial charge is 0.493 e. The molecule has 0 saturated heterocycles. The highest BCUT2D eigenvalue weighted by Gasteiger charge is 2.17. The number of fused-ring (bicyclic) bond motifs is 1. The van der Waals surface area contributed by atoms with Crippen LogP contribution in [-0.2, 0) is 0 Å². The van der Waals surface area contributed by atoms with Gasteiger partial charge in [-0.1, -0.05) is 18.2 Å².